The summed E-state index contributed by atoms with van der Waals surface area (Å²) in [5.74, 6) is 1.07. The molecule has 0 saturated heterocycles. The van der Waals surface area contributed by atoms with E-state index < -0.39 is 0 Å². The molecule has 2 aromatic rings. The molecule has 1 N–H and O–H groups in total. The molecule has 1 aromatic heterocycles. The molecule has 2 nitrogen and oxygen atoms in total. The molecule has 1 heterocycles. The first kappa shape index (κ1) is 14.6. The molecule has 0 radical (unpaired) electrons. The van der Waals surface area contributed by atoms with E-state index in [1.165, 1.54) is 9.13 Å². The topological polar surface area (TPSA) is 25.2 Å². The van der Waals surface area contributed by atoms with Crippen LogP contribution in [-0.2, 0) is 12.8 Å². The number of rotatable bonds is 7. The molecule has 0 aliphatic carbocycles. The molecule has 0 aliphatic heterocycles. The Labute approximate surface area is 128 Å². The number of benzene rings is 1. The summed E-state index contributed by atoms with van der Waals surface area (Å²) in [7, 11) is 0. The minimum Gasteiger partial charge on any atom is -0.469 e. The molecule has 3 heteroatoms. The van der Waals surface area contributed by atoms with Crippen molar-refractivity contribution in [1.82, 2.24) is 5.32 Å². The number of likely N-dealkylation sites (N-methyl/N-ethyl adjacent to an activating group) is 1. The lowest BCUT2D eigenvalue weighted by molar-refractivity contribution is 0.448. The van der Waals surface area contributed by atoms with Gasteiger partial charge in [-0.15, -0.1) is 0 Å². The summed E-state index contributed by atoms with van der Waals surface area (Å²) in [5.41, 5.74) is 1.39. The monoisotopic (exact) mass is 369 g/mol. The van der Waals surface area contributed by atoms with E-state index in [1.54, 1.807) is 6.26 Å². The van der Waals surface area contributed by atoms with Gasteiger partial charge in [0.2, 0.25) is 0 Å². The number of hydrogen-bond acceptors (Lipinski definition) is 2. The molecule has 0 aliphatic rings. The fraction of sp³-hybridized carbons (Fsp3) is 0.375. The number of hydrogen-bond donors (Lipinski definition) is 1. The zero-order valence-corrected chi connectivity index (χ0v) is 13.4. The number of nitrogens with one attached hydrogen (secondary N) is 1. The lowest BCUT2D eigenvalue weighted by Gasteiger charge is -2.17. The van der Waals surface area contributed by atoms with Crippen LogP contribution in [0.2, 0.25) is 0 Å². The highest BCUT2D eigenvalue weighted by molar-refractivity contribution is 14.1. The van der Waals surface area contributed by atoms with Crippen molar-refractivity contribution in [3.63, 3.8) is 0 Å². The second-order valence-corrected chi connectivity index (χ2v) is 5.95. The van der Waals surface area contributed by atoms with E-state index in [0.717, 1.165) is 31.6 Å². The van der Waals surface area contributed by atoms with Crippen molar-refractivity contribution in [3.8, 4) is 0 Å². The molecule has 19 heavy (non-hydrogen) atoms. The third-order valence-corrected chi connectivity index (χ3v) is 3.93. The van der Waals surface area contributed by atoms with Gasteiger partial charge in [-0.3, -0.25) is 0 Å². The Kier molecular flexibility index (Phi) is 5.92. The molecule has 102 valence electrons. The molecular formula is C16H20INO. The Morgan fingerprint density at radius 2 is 2.00 bits per heavy atom. The summed E-state index contributed by atoms with van der Waals surface area (Å²) >= 11 is 2.34. The molecular weight excluding hydrogens is 349 g/mol. The smallest absolute Gasteiger partial charge is 0.103 e. The summed E-state index contributed by atoms with van der Waals surface area (Å²) < 4.78 is 6.69. The van der Waals surface area contributed by atoms with Crippen molar-refractivity contribution in [2.75, 3.05) is 6.54 Å². The van der Waals surface area contributed by atoms with Crippen LogP contribution < -0.4 is 5.32 Å². The lowest BCUT2D eigenvalue weighted by atomic mass is 10.0. The maximum absolute atomic E-state index is 5.40. The average Bonchev–Trinajstić information content (AvgIpc) is 2.92. The largest absolute Gasteiger partial charge is 0.469 e. The zero-order valence-electron chi connectivity index (χ0n) is 11.2. The first-order chi connectivity index (χ1) is 9.28. The highest BCUT2D eigenvalue weighted by Gasteiger charge is 2.09. The molecule has 1 unspecified atom stereocenters. The standard InChI is InChI=1S/C16H20INO/c1-2-18-15(9-10-16-4-3-11-19-16)12-13-5-7-14(17)8-6-13/h3-8,11,15,18H,2,9-10,12H2,1H3. The summed E-state index contributed by atoms with van der Waals surface area (Å²) in [6.07, 6.45) is 4.92. The van der Waals surface area contributed by atoms with Gasteiger partial charge in [-0.25, -0.2) is 0 Å². The summed E-state index contributed by atoms with van der Waals surface area (Å²) in [4.78, 5) is 0. The summed E-state index contributed by atoms with van der Waals surface area (Å²) in [5, 5.41) is 3.56. The van der Waals surface area contributed by atoms with Crippen LogP contribution in [-0.4, -0.2) is 12.6 Å². The third kappa shape index (κ3) is 4.99. The van der Waals surface area contributed by atoms with E-state index in [1.807, 2.05) is 12.1 Å². The van der Waals surface area contributed by atoms with Gasteiger partial charge in [-0.2, -0.15) is 0 Å². The Bertz CT molecular complexity index is 464. The Morgan fingerprint density at radius 1 is 1.21 bits per heavy atom. The highest BCUT2D eigenvalue weighted by Crippen LogP contribution is 2.12. The number of furan rings is 1. The van der Waals surface area contributed by atoms with Gasteiger partial charge in [0.1, 0.15) is 5.76 Å². The van der Waals surface area contributed by atoms with Gasteiger partial charge in [-0.05, 0) is 71.8 Å². The van der Waals surface area contributed by atoms with Crippen molar-refractivity contribution in [1.29, 1.82) is 0 Å². The third-order valence-electron chi connectivity index (χ3n) is 3.21. The second kappa shape index (κ2) is 7.70. The van der Waals surface area contributed by atoms with Crippen molar-refractivity contribution in [3.05, 3.63) is 57.6 Å². The minimum absolute atomic E-state index is 0.509. The van der Waals surface area contributed by atoms with Gasteiger partial charge < -0.3 is 9.73 Å². The fourth-order valence-corrected chi connectivity index (χ4v) is 2.60. The van der Waals surface area contributed by atoms with Crippen LogP contribution in [0.25, 0.3) is 0 Å². The van der Waals surface area contributed by atoms with Crippen LogP contribution >= 0.6 is 22.6 Å². The van der Waals surface area contributed by atoms with Crippen LogP contribution in [0.15, 0.2) is 47.1 Å². The van der Waals surface area contributed by atoms with E-state index in [9.17, 15) is 0 Å². The van der Waals surface area contributed by atoms with Gasteiger partial charge in [0, 0.05) is 16.0 Å². The maximum atomic E-state index is 5.40. The molecule has 0 bridgehead atoms. The normalized spacial score (nSPS) is 12.5. The van der Waals surface area contributed by atoms with Crippen LogP contribution in [0.3, 0.4) is 0 Å². The van der Waals surface area contributed by atoms with Crippen molar-refractivity contribution in [2.45, 2.75) is 32.2 Å². The predicted octanol–water partition coefficient (Wildman–Crippen LogP) is 4.04. The first-order valence-electron chi connectivity index (χ1n) is 6.78. The van der Waals surface area contributed by atoms with Gasteiger partial charge in [0.25, 0.3) is 0 Å². The van der Waals surface area contributed by atoms with Gasteiger partial charge in [0.05, 0.1) is 6.26 Å². The quantitative estimate of drug-likeness (QED) is 0.746. The molecule has 1 aromatic carbocycles. The van der Waals surface area contributed by atoms with E-state index in [4.69, 9.17) is 4.42 Å². The summed E-state index contributed by atoms with van der Waals surface area (Å²) in [6, 6.07) is 13.3. The van der Waals surface area contributed by atoms with Crippen LogP contribution in [0.5, 0.6) is 0 Å². The molecule has 0 fully saturated rings. The molecule has 0 spiro atoms. The maximum Gasteiger partial charge on any atom is 0.103 e. The molecule has 0 amide bonds. The van der Waals surface area contributed by atoms with Crippen molar-refractivity contribution in [2.24, 2.45) is 0 Å². The molecule has 2 rings (SSSR count). The van der Waals surface area contributed by atoms with Crippen LogP contribution in [0.4, 0.5) is 0 Å². The van der Waals surface area contributed by atoms with E-state index >= 15 is 0 Å². The van der Waals surface area contributed by atoms with E-state index in [0.29, 0.717) is 6.04 Å². The average molecular weight is 369 g/mol. The van der Waals surface area contributed by atoms with Gasteiger partial charge >= 0.3 is 0 Å². The highest BCUT2D eigenvalue weighted by atomic mass is 127. The first-order valence-corrected chi connectivity index (χ1v) is 7.86. The second-order valence-electron chi connectivity index (χ2n) is 4.70. The SMILES string of the molecule is CCNC(CCc1ccco1)Cc1ccc(I)cc1. The fourth-order valence-electron chi connectivity index (χ4n) is 2.24. The van der Waals surface area contributed by atoms with Gasteiger partial charge in [0.15, 0.2) is 0 Å². The van der Waals surface area contributed by atoms with Gasteiger partial charge in [-0.1, -0.05) is 19.1 Å². The number of halogens is 1. The number of aryl methyl sites for hydroxylation is 1. The lowest BCUT2D eigenvalue weighted by Crippen LogP contribution is -2.31. The van der Waals surface area contributed by atoms with Crippen LogP contribution in [0.1, 0.15) is 24.7 Å². The zero-order chi connectivity index (χ0) is 13.5. The Balaban J connectivity index is 1.89. The molecule has 1 atom stereocenters. The van der Waals surface area contributed by atoms with E-state index in [2.05, 4.69) is 59.1 Å². The Morgan fingerprint density at radius 3 is 2.63 bits per heavy atom. The van der Waals surface area contributed by atoms with E-state index in [-0.39, 0.29) is 0 Å². The van der Waals surface area contributed by atoms with Crippen molar-refractivity contribution < 1.29 is 4.42 Å². The Hall–Kier alpha value is -0.810. The summed E-state index contributed by atoms with van der Waals surface area (Å²) in [6.45, 7) is 3.17. The van der Waals surface area contributed by atoms with Crippen molar-refractivity contribution >= 4 is 22.6 Å². The molecule has 0 saturated carbocycles. The van der Waals surface area contributed by atoms with Crippen LogP contribution in [0, 0.1) is 3.57 Å². The predicted molar refractivity (Wildman–Crippen MR) is 87.4 cm³/mol. The minimum atomic E-state index is 0.509.